The summed E-state index contributed by atoms with van der Waals surface area (Å²) < 4.78 is 7.86. The number of nitrogens with zero attached hydrogens (tertiary/aromatic N) is 1. The molecule has 2 heterocycles. The van der Waals surface area contributed by atoms with Crippen molar-refractivity contribution in [1.82, 2.24) is 9.88 Å². The lowest BCUT2D eigenvalue weighted by Crippen LogP contribution is -2.32. The van der Waals surface area contributed by atoms with E-state index in [4.69, 9.17) is 4.74 Å². The zero-order valence-corrected chi connectivity index (χ0v) is 16.4. The summed E-state index contributed by atoms with van der Waals surface area (Å²) in [5, 5.41) is 4.09. The fourth-order valence-electron chi connectivity index (χ4n) is 3.45. The van der Waals surface area contributed by atoms with Gasteiger partial charge in [-0.2, -0.15) is 0 Å². The molecule has 0 saturated heterocycles. The highest BCUT2D eigenvalue weighted by Gasteiger charge is 2.31. The van der Waals surface area contributed by atoms with Gasteiger partial charge in [0.1, 0.15) is 11.7 Å². The largest absolute Gasteiger partial charge is 0.472 e. The lowest BCUT2D eigenvalue weighted by atomic mass is 10.1. The predicted molar refractivity (Wildman–Crippen MR) is 109 cm³/mol. The maximum Gasteiger partial charge on any atom is 0.261 e. The first-order valence-corrected chi connectivity index (χ1v) is 9.96. The third-order valence-corrected chi connectivity index (χ3v) is 5.56. The summed E-state index contributed by atoms with van der Waals surface area (Å²) in [6.45, 7) is 2.49. The number of hydrogen-bond acceptors (Lipinski definition) is 3. The molecule has 0 aliphatic carbocycles. The monoisotopic (exact) mass is 426 g/mol. The number of benzene rings is 2. The molecule has 6 heteroatoms. The maximum atomic E-state index is 13.1. The van der Waals surface area contributed by atoms with E-state index in [0.29, 0.717) is 23.1 Å². The first-order chi connectivity index (χ1) is 13.1. The number of aromatic nitrogens is 1. The van der Waals surface area contributed by atoms with Crippen molar-refractivity contribution in [2.45, 2.75) is 25.6 Å². The third kappa shape index (κ3) is 3.14. The third-order valence-electron chi connectivity index (χ3n) is 4.84. The molecule has 1 aliphatic rings. The Morgan fingerprint density at radius 2 is 1.93 bits per heavy atom. The molecule has 4 rings (SSSR count). The Morgan fingerprint density at radius 1 is 1.22 bits per heavy atom. The number of para-hydroxylation sites is 1. The molecule has 0 radical (unpaired) electrons. The Labute approximate surface area is 165 Å². The van der Waals surface area contributed by atoms with Crippen LogP contribution in [0.3, 0.4) is 0 Å². The lowest BCUT2D eigenvalue weighted by Gasteiger charge is -2.16. The second-order valence-corrected chi connectivity index (χ2v) is 7.28. The van der Waals surface area contributed by atoms with Gasteiger partial charge >= 0.3 is 0 Å². The van der Waals surface area contributed by atoms with Crippen molar-refractivity contribution in [1.29, 1.82) is 0 Å². The number of carbonyl (C=O) groups is 1. The van der Waals surface area contributed by atoms with E-state index in [9.17, 15) is 9.59 Å². The van der Waals surface area contributed by atoms with Crippen LogP contribution in [0, 0.1) is 0 Å². The van der Waals surface area contributed by atoms with Crippen LogP contribution in [0.25, 0.3) is 10.9 Å². The minimum absolute atomic E-state index is 0.0694. The van der Waals surface area contributed by atoms with Crippen molar-refractivity contribution in [3.8, 4) is 5.88 Å². The lowest BCUT2D eigenvalue weighted by molar-refractivity contribution is 0.0934. The zero-order chi connectivity index (χ0) is 19.0. The Balaban J connectivity index is 1.79. The first-order valence-electron chi connectivity index (χ1n) is 8.84. The van der Waals surface area contributed by atoms with Gasteiger partial charge in [0.2, 0.25) is 11.3 Å². The molecule has 0 spiro atoms. The maximum absolute atomic E-state index is 13.1. The fourth-order valence-corrected chi connectivity index (χ4v) is 3.79. The Hall–Kier alpha value is -2.60. The summed E-state index contributed by atoms with van der Waals surface area (Å²) in [5.74, 6) is -0.0676. The molecule has 0 bridgehead atoms. The number of ether oxygens (including phenoxy) is 1. The number of carbonyl (C=O) groups excluding carboxylic acids is 1. The number of fused-ring (bicyclic) bond motifs is 3. The predicted octanol–water partition coefficient (Wildman–Crippen LogP) is 3.65. The molecular formula is C21H19BrN2O3. The summed E-state index contributed by atoms with van der Waals surface area (Å²) in [4.78, 5) is 26.1. The summed E-state index contributed by atoms with van der Waals surface area (Å²) in [7, 11) is 0. The molecule has 0 fully saturated rings. The van der Waals surface area contributed by atoms with Crippen LogP contribution >= 0.6 is 15.9 Å². The second kappa shape index (κ2) is 7.19. The van der Waals surface area contributed by atoms with Gasteiger partial charge in [-0.05, 0) is 24.6 Å². The van der Waals surface area contributed by atoms with Gasteiger partial charge in [0.15, 0.2) is 0 Å². The van der Waals surface area contributed by atoms with Gasteiger partial charge in [0.05, 0.1) is 18.1 Å². The van der Waals surface area contributed by atoms with Gasteiger partial charge in [-0.1, -0.05) is 58.4 Å². The van der Waals surface area contributed by atoms with Crippen LogP contribution in [0.1, 0.15) is 28.9 Å². The Kier molecular flexibility index (Phi) is 4.74. The van der Waals surface area contributed by atoms with E-state index in [-0.39, 0.29) is 23.1 Å². The average Bonchev–Trinajstić information content (AvgIpc) is 3.13. The average molecular weight is 427 g/mol. The number of nitrogens with one attached hydrogen (secondary N) is 1. The summed E-state index contributed by atoms with van der Waals surface area (Å²) in [6, 6.07) is 16.8. The van der Waals surface area contributed by atoms with E-state index in [0.717, 1.165) is 11.1 Å². The molecule has 2 aromatic carbocycles. The molecule has 27 heavy (non-hydrogen) atoms. The zero-order valence-electron chi connectivity index (χ0n) is 14.8. The summed E-state index contributed by atoms with van der Waals surface area (Å²) in [5.41, 5.74) is 1.53. The van der Waals surface area contributed by atoms with Gasteiger partial charge in [-0.15, -0.1) is 0 Å². The Morgan fingerprint density at radius 3 is 2.67 bits per heavy atom. The molecule has 1 aliphatic heterocycles. The number of pyridine rings is 1. The van der Waals surface area contributed by atoms with Crippen LogP contribution in [-0.2, 0) is 6.54 Å². The minimum atomic E-state index is -0.416. The quantitative estimate of drug-likeness (QED) is 0.647. The number of rotatable bonds is 4. The van der Waals surface area contributed by atoms with Crippen molar-refractivity contribution in [2.24, 2.45) is 0 Å². The van der Waals surface area contributed by atoms with E-state index in [1.54, 1.807) is 6.07 Å². The van der Waals surface area contributed by atoms with Crippen LogP contribution in [0.2, 0.25) is 0 Å². The van der Waals surface area contributed by atoms with Crippen LogP contribution < -0.4 is 15.5 Å². The van der Waals surface area contributed by atoms with E-state index >= 15 is 0 Å². The van der Waals surface area contributed by atoms with Crippen molar-refractivity contribution in [3.05, 3.63) is 75.9 Å². The SMILES string of the molecule is C[C@H](NC(=O)c1c2n(c3ccccc3c1=O)C[C@H](CBr)O2)c1ccccc1. The van der Waals surface area contributed by atoms with Crippen molar-refractivity contribution in [2.75, 3.05) is 5.33 Å². The topological polar surface area (TPSA) is 60.3 Å². The molecule has 0 saturated carbocycles. The van der Waals surface area contributed by atoms with E-state index in [1.165, 1.54) is 0 Å². The number of halogens is 1. The van der Waals surface area contributed by atoms with Gasteiger partial charge in [-0.3, -0.25) is 9.59 Å². The van der Waals surface area contributed by atoms with Gasteiger partial charge in [0.25, 0.3) is 5.91 Å². The first kappa shape index (κ1) is 17.8. The van der Waals surface area contributed by atoms with Gasteiger partial charge in [0, 0.05) is 10.7 Å². The number of hydrogen-bond donors (Lipinski definition) is 1. The van der Waals surface area contributed by atoms with Gasteiger partial charge in [-0.25, -0.2) is 0 Å². The van der Waals surface area contributed by atoms with Crippen LogP contribution in [0.4, 0.5) is 0 Å². The van der Waals surface area contributed by atoms with E-state index < -0.39 is 5.91 Å². The summed E-state index contributed by atoms with van der Waals surface area (Å²) in [6.07, 6.45) is -0.117. The Bertz CT molecular complexity index is 1060. The highest BCUT2D eigenvalue weighted by Crippen LogP contribution is 2.30. The van der Waals surface area contributed by atoms with Crippen molar-refractivity contribution < 1.29 is 9.53 Å². The highest BCUT2D eigenvalue weighted by molar-refractivity contribution is 9.09. The highest BCUT2D eigenvalue weighted by atomic mass is 79.9. The minimum Gasteiger partial charge on any atom is -0.472 e. The van der Waals surface area contributed by atoms with Crippen LogP contribution in [0.5, 0.6) is 5.88 Å². The molecular weight excluding hydrogens is 408 g/mol. The van der Waals surface area contributed by atoms with Crippen molar-refractivity contribution in [3.63, 3.8) is 0 Å². The molecule has 1 amide bonds. The summed E-state index contributed by atoms with van der Waals surface area (Å²) >= 11 is 3.43. The smallest absolute Gasteiger partial charge is 0.261 e. The van der Waals surface area contributed by atoms with Crippen LogP contribution in [-0.4, -0.2) is 21.9 Å². The molecule has 138 valence electrons. The molecule has 1 aromatic heterocycles. The number of alkyl halides is 1. The fraction of sp³-hybridized carbons (Fsp3) is 0.238. The molecule has 1 N–H and O–H groups in total. The molecule has 3 aromatic rings. The van der Waals surface area contributed by atoms with Crippen molar-refractivity contribution >= 4 is 32.7 Å². The number of amides is 1. The van der Waals surface area contributed by atoms with Crippen LogP contribution in [0.15, 0.2) is 59.4 Å². The molecule has 0 unspecified atom stereocenters. The van der Waals surface area contributed by atoms with Gasteiger partial charge < -0.3 is 14.6 Å². The molecule has 2 atom stereocenters. The van der Waals surface area contributed by atoms with E-state index in [2.05, 4.69) is 21.2 Å². The standard InChI is InChI=1S/C21H19BrN2O3/c1-13(14-7-3-2-4-8-14)23-20(26)18-19(25)16-9-5-6-10-17(16)24-12-15(11-22)27-21(18)24/h2-10,13,15H,11-12H2,1H3,(H,23,26)/t13-,15-/m0/s1. The second-order valence-electron chi connectivity index (χ2n) is 6.64. The van der Waals surface area contributed by atoms with E-state index in [1.807, 2.05) is 60.0 Å². The molecule has 5 nitrogen and oxygen atoms in total. The normalized spacial score (nSPS) is 16.6.